The first-order valence-corrected chi connectivity index (χ1v) is 8.70. The Bertz CT molecular complexity index is 381. The van der Waals surface area contributed by atoms with E-state index in [0.717, 1.165) is 25.7 Å². The molecule has 17 heavy (non-hydrogen) atoms. The molecule has 6 heteroatoms. The molecule has 98 valence electrons. The second-order valence-corrected chi connectivity index (χ2v) is 7.71. The van der Waals surface area contributed by atoms with Gasteiger partial charge in [-0.25, -0.2) is 13.1 Å². The van der Waals surface area contributed by atoms with Crippen LogP contribution in [-0.2, 0) is 10.0 Å². The molecule has 0 aliphatic heterocycles. The highest BCUT2D eigenvalue weighted by Gasteiger charge is 2.35. The van der Waals surface area contributed by atoms with Crippen molar-refractivity contribution in [2.75, 3.05) is 12.8 Å². The monoisotopic (exact) mass is 276 g/mol. The van der Waals surface area contributed by atoms with Crippen molar-refractivity contribution in [3.8, 4) is 6.07 Å². The Morgan fingerprint density at radius 1 is 1.47 bits per heavy atom. The third-order valence-corrected chi connectivity index (χ3v) is 6.59. The van der Waals surface area contributed by atoms with Gasteiger partial charge in [0.15, 0.2) is 5.25 Å². The summed E-state index contributed by atoms with van der Waals surface area (Å²) in [6.07, 6.45) is 6.80. The van der Waals surface area contributed by atoms with Crippen molar-refractivity contribution in [3.63, 3.8) is 0 Å². The van der Waals surface area contributed by atoms with E-state index in [0.29, 0.717) is 13.0 Å². The summed E-state index contributed by atoms with van der Waals surface area (Å²) in [6, 6.07) is 1.84. The largest absolute Gasteiger partial charge is 0.228 e. The van der Waals surface area contributed by atoms with Crippen LogP contribution in [0.4, 0.5) is 0 Å². The van der Waals surface area contributed by atoms with Crippen LogP contribution in [0.2, 0.25) is 0 Å². The molecule has 0 spiro atoms. The molecular formula is C11H20N2O2S2. The maximum Gasteiger partial charge on any atom is 0.228 e. The average molecular weight is 276 g/mol. The van der Waals surface area contributed by atoms with Gasteiger partial charge in [-0.15, -0.1) is 0 Å². The van der Waals surface area contributed by atoms with Gasteiger partial charge in [-0.3, -0.25) is 0 Å². The molecule has 1 aliphatic carbocycles. The van der Waals surface area contributed by atoms with Gasteiger partial charge in [0.25, 0.3) is 0 Å². The van der Waals surface area contributed by atoms with Crippen LogP contribution in [0.5, 0.6) is 0 Å². The van der Waals surface area contributed by atoms with E-state index < -0.39 is 15.3 Å². The molecule has 4 nitrogen and oxygen atoms in total. The third-order valence-electron chi connectivity index (χ3n) is 3.43. The zero-order chi connectivity index (χ0) is 12.9. The number of nitriles is 1. The fourth-order valence-electron chi connectivity index (χ4n) is 2.19. The van der Waals surface area contributed by atoms with Crippen LogP contribution < -0.4 is 4.72 Å². The summed E-state index contributed by atoms with van der Waals surface area (Å²) in [5.41, 5.74) is 0. The number of hydrogen-bond donors (Lipinski definition) is 1. The zero-order valence-corrected chi connectivity index (χ0v) is 12.0. The summed E-state index contributed by atoms with van der Waals surface area (Å²) >= 11 is 1.74. The Balaban J connectivity index is 2.63. The smallest absolute Gasteiger partial charge is 0.213 e. The normalized spacial score (nSPS) is 21.0. The van der Waals surface area contributed by atoms with Crippen molar-refractivity contribution in [1.82, 2.24) is 4.72 Å². The van der Waals surface area contributed by atoms with E-state index >= 15 is 0 Å². The first-order valence-electron chi connectivity index (χ1n) is 5.93. The Morgan fingerprint density at radius 2 is 2.06 bits per heavy atom. The quantitative estimate of drug-likeness (QED) is 0.804. The second-order valence-electron chi connectivity index (χ2n) is 4.49. The van der Waals surface area contributed by atoms with Crippen LogP contribution in [0.15, 0.2) is 0 Å². The second kappa shape index (κ2) is 6.07. The number of sulfonamides is 1. The Hall–Kier alpha value is -0.250. The van der Waals surface area contributed by atoms with Crippen LogP contribution in [0.1, 0.15) is 39.0 Å². The van der Waals surface area contributed by atoms with Crippen molar-refractivity contribution in [3.05, 3.63) is 0 Å². The number of hydrogen-bond acceptors (Lipinski definition) is 4. The van der Waals surface area contributed by atoms with Gasteiger partial charge in [-0.1, -0.05) is 19.8 Å². The third kappa shape index (κ3) is 3.60. The Labute approximate surface area is 108 Å². The van der Waals surface area contributed by atoms with Crippen LogP contribution in [0, 0.1) is 11.3 Å². The number of nitrogens with zero attached hydrogens (tertiary/aromatic N) is 1. The molecule has 1 rings (SSSR count). The lowest BCUT2D eigenvalue weighted by molar-refractivity contribution is 0.545. The molecule has 0 amide bonds. The first kappa shape index (κ1) is 14.8. The molecule has 1 aliphatic rings. The number of rotatable bonds is 6. The van der Waals surface area contributed by atoms with Gasteiger partial charge in [-0.2, -0.15) is 17.0 Å². The van der Waals surface area contributed by atoms with Gasteiger partial charge in [0, 0.05) is 11.3 Å². The molecule has 1 saturated carbocycles. The van der Waals surface area contributed by atoms with Crippen LogP contribution >= 0.6 is 11.8 Å². The molecule has 1 fully saturated rings. The molecule has 0 aromatic heterocycles. The molecular weight excluding hydrogens is 256 g/mol. The summed E-state index contributed by atoms with van der Waals surface area (Å²) in [6.45, 7) is 2.17. The highest BCUT2D eigenvalue weighted by molar-refractivity contribution is 8.00. The topological polar surface area (TPSA) is 70.0 Å². The van der Waals surface area contributed by atoms with Crippen molar-refractivity contribution in [2.45, 2.75) is 49.0 Å². The summed E-state index contributed by atoms with van der Waals surface area (Å²) in [7, 11) is -3.48. The minimum absolute atomic E-state index is 0.0425. The first-order chi connectivity index (χ1) is 7.99. The van der Waals surface area contributed by atoms with Gasteiger partial charge in [0.05, 0.1) is 6.07 Å². The van der Waals surface area contributed by atoms with Crippen LogP contribution in [0.25, 0.3) is 0 Å². The molecule has 0 radical (unpaired) electrons. The molecule has 0 saturated heterocycles. The van der Waals surface area contributed by atoms with E-state index in [1.165, 1.54) is 0 Å². The molecule has 0 aromatic carbocycles. The van der Waals surface area contributed by atoms with E-state index in [-0.39, 0.29) is 4.75 Å². The Morgan fingerprint density at radius 3 is 2.47 bits per heavy atom. The molecule has 1 unspecified atom stereocenters. The van der Waals surface area contributed by atoms with Gasteiger partial charge in [-0.05, 0) is 25.5 Å². The fraction of sp³-hybridized carbons (Fsp3) is 0.909. The molecule has 1 atom stereocenters. The summed E-state index contributed by atoms with van der Waals surface area (Å²) in [4.78, 5) is 0. The summed E-state index contributed by atoms with van der Waals surface area (Å²) in [5.74, 6) is 0. The van der Waals surface area contributed by atoms with Crippen molar-refractivity contribution < 1.29 is 8.42 Å². The van der Waals surface area contributed by atoms with E-state index in [9.17, 15) is 8.42 Å². The van der Waals surface area contributed by atoms with Gasteiger partial charge in [0.1, 0.15) is 0 Å². The average Bonchev–Trinajstić information content (AvgIpc) is 2.77. The van der Waals surface area contributed by atoms with Gasteiger partial charge in [0.2, 0.25) is 10.0 Å². The van der Waals surface area contributed by atoms with E-state index in [4.69, 9.17) is 5.26 Å². The molecule has 1 N–H and O–H groups in total. The predicted octanol–water partition coefficient (Wildman–Crippen LogP) is 1.88. The van der Waals surface area contributed by atoms with E-state index in [2.05, 4.69) is 4.72 Å². The minimum atomic E-state index is -3.48. The summed E-state index contributed by atoms with van der Waals surface area (Å²) in [5, 5.41) is 7.87. The lowest BCUT2D eigenvalue weighted by Crippen LogP contribution is -2.42. The Kier molecular flexibility index (Phi) is 5.29. The minimum Gasteiger partial charge on any atom is -0.213 e. The highest BCUT2D eigenvalue weighted by Crippen LogP contribution is 2.39. The highest BCUT2D eigenvalue weighted by atomic mass is 32.2. The number of nitrogens with one attached hydrogen (secondary N) is 1. The van der Waals surface area contributed by atoms with Gasteiger partial charge < -0.3 is 0 Å². The van der Waals surface area contributed by atoms with Crippen molar-refractivity contribution in [1.29, 1.82) is 5.26 Å². The van der Waals surface area contributed by atoms with Crippen LogP contribution in [0.3, 0.4) is 0 Å². The van der Waals surface area contributed by atoms with Crippen molar-refractivity contribution in [2.24, 2.45) is 0 Å². The SMILES string of the molecule is CCC(C#N)S(=O)(=O)NCC1(SC)CCCC1. The van der Waals surface area contributed by atoms with Gasteiger partial charge >= 0.3 is 0 Å². The summed E-state index contributed by atoms with van der Waals surface area (Å²) < 4.78 is 26.4. The lowest BCUT2D eigenvalue weighted by Gasteiger charge is -2.27. The zero-order valence-electron chi connectivity index (χ0n) is 10.4. The molecule has 0 bridgehead atoms. The van der Waals surface area contributed by atoms with Crippen LogP contribution in [-0.4, -0.2) is 31.2 Å². The molecule has 0 aromatic rings. The fourth-order valence-corrected chi connectivity index (χ4v) is 4.45. The van der Waals surface area contributed by atoms with E-state index in [1.807, 2.05) is 12.3 Å². The lowest BCUT2D eigenvalue weighted by atomic mass is 10.1. The van der Waals surface area contributed by atoms with E-state index in [1.54, 1.807) is 18.7 Å². The predicted molar refractivity (Wildman–Crippen MR) is 71.3 cm³/mol. The number of thioether (sulfide) groups is 1. The maximum atomic E-state index is 11.9. The maximum absolute atomic E-state index is 11.9. The molecule has 0 heterocycles. The standard InChI is InChI=1S/C11H20N2O2S2/c1-3-10(8-12)17(14,15)13-9-11(16-2)6-4-5-7-11/h10,13H,3-7,9H2,1-2H3. The van der Waals surface area contributed by atoms with Crippen molar-refractivity contribution >= 4 is 21.8 Å².